The lowest BCUT2D eigenvalue weighted by molar-refractivity contribution is -0.146. The van der Waals surface area contributed by atoms with Crippen LogP contribution < -0.4 is 5.32 Å². The molecule has 7 heteroatoms. The number of carbonyl (C=O) groups excluding carboxylic acids is 3. The number of nitrogens with one attached hydrogen (secondary N) is 1. The van der Waals surface area contributed by atoms with Gasteiger partial charge in [0.05, 0.1) is 11.8 Å². The molecule has 3 aromatic rings. The Hall–Kier alpha value is -3.63. The van der Waals surface area contributed by atoms with E-state index in [0.717, 1.165) is 26.8 Å². The Labute approximate surface area is 202 Å². The van der Waals surface area contributed by atoms with Crippen molar-refractivity contribution < 1.29 is 19.1 Å². The average molecular weight is 473 g/mol. The van der Waals surface area contributed by atoms with Gasteiger partial charge in [-0.05, 0) is 35.4 Å². The lowest BCUT2D eigenvalue weighted by Crippen LogP contribution is -2.50. The van der Waals surface area contributed by atoms with Crippen LogP contribution in [0.15, 0.2) is 59.5 Å². The van der Waals surface area contributed by atoms with E-state index in [9.17, 15) is 19.6 Å². The number of thioether (sulfide) groups is 1. The number of nitriles is 1. The zero-order valence-corrected chi connectivity index (χ0v) is 20.0. The largest absolute Gasteiger partial charge is 0.455 e. The molecule has 1 aliphatic carbocycles. The lowest BCUT2D eigenvalue weighted by Gasteiger charge is -2.27. The summed E-state index contributed by atoms with van der Waals surface area (Å²) in [4.78, 5) is 38.3. The van der Waals surface area contributed by atoms with Crippen molar-refractivity contribution in [1.29, 1.82) is 5.26 Å². The van der Waals surface area contributed by atoms with E-state index in [1.807, 2.05) is 68.4 Å². The van der Waals surface area contributed by atoms with Crippen molar-refractivity contribution in [3.8, 4) is 17.2 Å². The predicted octanol–water partition coefficient (Wildman–Crippen LogP) is 4.74. The van der Waals surface area contributed by atoms with Gasteiger partial charge in [0.25, 0.3) is 5.91 Å². The van der Waals surface area contributed by atoms with Crippen LogP contribution in [-0.2, 0) is 14.3 Å². The van der Waals surface area contributed by atoms with Crippen LogP contribution in [0, 0.1) is 17.2 Å². The molecule has 3 aromatic carbocycles. The number of amides is 1. The monoisotopic (exact) mass is 472 g/mol. The van der Waals surface area contributed by atoms with Crippen molar-refractivity contribution >= 4 is 40.2 Å². The molecule has 1 atom stereocenters. The summed E-state index contributed by atoms with van der Waals surface area (Å²) in [6.07, 6.45) is 0. The van der Waals surface area contributed by atoms with Gasteiger partial charge in [0.15, 0.2) is 12.4 Å². The van der Waals surface area contributed by atoms with Gasteiger partial charge < -0.3 is 10.1 Å². The average Bonchev–Trinajstić information content (AvgIpc) is 2.84. The van der Waals surface area contributed by atoms with Crippen molar-refractivity contribution in [1.82, 2.24) is 5.32 Å². The van der Waals surface area contributed by atoms with Gasteiger partial charge in [-0.3, -0.25) is 14.4 Å². The second kappa shape index (κ2) is 9.32. The highest BCUT2D eigenvalue weighted by Crippen LogP contribution is 2.42. The van der Waals surface area contributed by atoms with E-state index in [4.69, 9.17) is 4.74 Å². The molecule has 0 fully saturated rings. The van der Waals surface area contributed by atoms with Gasteiger partial charge in [-0.25, -0.2) is 0 Å². The van der Waals surface area contributed by atoms with Gasteiger partial charge in [0.2, 0.25) is 0 Å². The first kappa shape index (κ1) is 23.5. The van der Waals surface area contributed by atoms with Gasteiger partial charge in [-0.1, -0.05) is 62.4 Å². The fraction of sp³-hybridized carbons (Fsp3) is 0.259. The summed E-state index contributed by atoms with van der Waals surface area (Å²) >= 11 is 1.30. The molecular weight excluding hydrogens is 448 g/mol. The second-order valence-corrected chi connectivity index (χ2v) is 9.70. The number of fused-ring (bicyclic) bond motifs is 2. The third-order valence-corrected chi connectivity index (χ3v) is 7.25. The van der Waals surface area contributed by atoms with Gasteiger partial charge in [0.1, 0.15) is 5.54 Å². The quantitative estimate of drug-likeness (QED) is 0.308. The first-order valence-corrected chi connectivity index (χ1v) is 11.9. The highest BCUT2D eigenvalue weighted by Gasteiger charge is 2.30. The Balaban J connectivity index is 1.47. The number of carbonyl (C=O) groups is 3. The molecule has 34 heavy (non-hydrogen) atoms. The van der Waals surface area contributed by atoms with E-state index in [0.29, 0.717) is 11.1 Å². The smallest absolute Gasteiger partial charge is 0.316 e. The number of nitrogens with zero attached hydrogens (tertiary/aromatic N) is 1. The van der Waals surface area contributed by atoms with E-state index in [1.54, 1.807) is 6.92 Å². The topological polar surface area (TPSA) is 96.3 Å². The number of benzene rings is 3. The molecule has 1 aliphatic rings. The first-order valence-electron chi connectivity index (χ1n) is 11.0. The van der Waals surface area contributed by atoms with Crippen molar-refractivity contribution in [3.63, 3.8) is 0 Å². The molecule has 1 amide bonds. The highest BCUT2D eigenvalue weighted by molar-refractivity contribution is 8.00. The summed E-state index contributed by atoms with van der Waals surface area (Å²) in [6, 6.07) is 19.2. The number of esters is 1. The Kier molecular flexibility index (Phi) is 6.45. The number of hydrogen-bond acceptors (Lipinski definition) is 6. The molecule has 0 saturated carbocycles. The van der Waals surface area contributed by atoms with Crippen LogP contribution in [0.2, 0.25) is 0 Å². The van der Waals surface area contributed by atoms with Crippen molar-refractivity contribution in [2.24, 2.45) is 5.92 Å². The summed E-state index contributed by atoms with van der Waals surface area (Å²) in [7, 11) is 0. The molecule has 0 radical (unpaired) electrons. The maximum atomic E-state index is 13.0. The summed E-state index contributed by atoms with van der Waals surface area (Å²) in [6.45, 7) is 4.85. The van der Waals surface area contributed by atoms with Crippen LogP contribution in [0.1, 0.15) is 36.7 Å². The number of ketones is 1. The van der Waals surface area contributed by atoms with Crippen LogP contribution in [-0.4, -0.2) is 35.6 Å². The predicted molar refractivity (Wildman–Crippen MR) is 131 cm³/mol. The third kappa shape index (κ3) is 4.29. The zero-order chi connectivity index (χ0) is 24.5. The van der Waals surface area contributed by atoms with Crippen LogP contribution in [0.25, 0.3) is 21.9 Å². The molecule has 0 saturated heterocycles. The minimum Gasteiger partial charge on any atom is -0.455 e. The van der Waals surface area contributed by atoms with Crippen molar-refractivity contribution in [2.45, 2.75) is 31.2 Å². The molecular formula is C27H24N2O4S. The molecule has 0 aliphatic heterocycles. The van der Waals surface area contributed by atoms with Crippen LogP contribution in [0.4, 0.5) is 0 Å². The maximum Gasteiger partial charge on any atom is 0.316 e. The molecule has 172 valence electrons. The Bertz CT molecular complexity index is 1360. The first-order chi connectivity index (χ1) is 16.2. The van der Waals surface area contributed by atoms with E-state index in [1.165, 1.54) is 11.8 Å². The SMILES string of the molecule is CC(C)[C@@](C)(C#N)NC(=O)COC(=O)CSc1ccc2c3c(cccc13)C(=O)c1ccccc1-2. The molecule has 0 bridgehead atoms. The Morgan fingerprint density at radius 2 is 1.74 bits per heavy atom. The van der Waals surface area contributed by atoms with Gasteiger partial charge >= 0.3 is 5.97 Å². The molecule has 1 N–H and O–H groups in total. The second-order valence-electron chi connectivity index (χ2n) is 8.68. The van der Waals surface area contributed by atoms with E-state index in [-0.39, 0.29) is 17.5 Å². The normalized spacial score (nSPS) is 13.7. The number of hydrogen-bond donors (Lipinski definition) is 1. The van der Waals surface area contributed by atoms with Gasteiger partial charge in [0, 0.05) is 21.4 Å². The highest BCUT2D eigenvalue weighted by atomic mass is 32.2. The zero-order valence-electron chi connectivity index (χ0n) is 19.2. The maximum absolute atomic E-state index is 13.0. The van der Waals surface area contributed by atoms with Crippen molar-refractivity contribution in [3.05, 3.63) is 65.7 Å². The summed E-state index contributed by atoms with van der Waals surface area (Å²) in [5.41, 5.74) is 2.21. The van der Waals surface area contributed by atoms with Crippen molar-refractivity contribution in [2.75, 3.05) is 12.4 Å². The van der Waals surface area contributed by atoms with E-state index < -0.39 is 24.0 Å². The molecule has 4 rings (SSSR count). The molecule has 6 nitrogen and oxygen atoms in total. The van der Waals surface area contributed by atoms with Crippen LogP contribution >= 0.6 is 11.8 Å². The fourth-order valence-electron chi connectivity index (χ4n) is 3.93. The summed E-state index contributed by atoms with van der Waals surface area (Å²) < 4.78 is 5.12. The molecule has 0 unspecified atom stereocenters. The lowest BCUT2D eigenvalue weighted by atomic mass is 9.83. The molecule has 0 aromatic heterocycles. The molecule has 0 spiro atoms. The van der Waals surface area contributed by atoms with Gasteiger partial charge in [-0.2, -0.15) is 5.26 Å². The minimum absolute atomic E-state index is 0.00737. The van der Waals surface area contributed by atoms with Crippen LogP contribution in [0.3, 0.4) is 0 Å². The standard InChI is InChI=1S/C27H24N2O4S/c1-16(2)27(3,15-28)29-23(30)13-33-24(31)14-34-22-12-11-18-17-7-4-5-8-19(17)26(32)21-10-6-9-20(22)25(18)21/h4-12,16H,13-14H2,1-3H3,(H,29,30)/t27-/m1/s1. The van der Waals surface area contributed by atoms with Gasteiger partial charge in [-0.15, -0.1) is 11.8 Å². The number of rotatable bonds is 7. The molecule has 0 heterocycles. The van der Waals surface area contributed by atoms with E-state index >= 15 is 0 Å². The number of ether oxygens (including phenoxy) is 1. The Morgan fingerprint density at radius 3 is 2.44 bits per heavy atom. The third-order valence-electron chi connectivity index (χ3n) is 6.20. The fourth-order valence-corrected chi connectivity index (χ4v) is 4.78. The van der Waals surface area contributed by atoms with Crippen LogP contribution in [0.5, 0.6) is 0 Å². The van der Waals surface area contributed by atoms with E-state index in [2.05, 4.69) is 11.4 Å². The summed E-state index contributed by atoms with van der Waals surface area (Å²) in [5, 5.41) is 13.7. The Morgan fingerprint density at radius 1 is 1.03 bits per heavy atom. The minimum atomic E-state index is -1.03. The summed E-state index contributed by atoms with van der Waals surface area (Å²) in [5.74, 6) is -1.15.